The molecule has 0 radical (unpaired) electrons. The molecule has 1 heterocycles. The van der Waals surface area contributed by atoms with Gasteiger partial charge in [-0.2, -0.15) is 0 Å². The Kier molecular flexibility index (Phi) is 4.80. The van der Waals surface area contributed by atoms with Crippen LogP contribution in [0.5, 0.6) is 0 Å². The summed E-state index contributed by atoms with van der Waals surface area (Å²) in [6.45, 7) is 3.91. The van der Waals surface area contributed by atoms with Gasteiger partial charge in [0.2, 0.25) is 17.7 Å². The van der Waals surface area contributed by atoms with Crippen molar-refractivity contribution in [3.63, 3.8) is 0 Å². The van der Waals surface area contributed by atoms with Crippen molar-refractivity contribution >= 4 is 23.4 Å². The normalized spacial score (nSPS) is 19.1. The van der Waals surface area contributed by atoms with Gasteiger partial charge in [-0.15, -0.1) is 0 Å². The minimum absolute atomic E-state index is 0.0869. The summed E-state index contributed by atoms with van der Waals surface area (Å²) >= 11 is 0. The lowest BCUT2D eigenvalue weighted by Gasteiger charge is -2.18. The van der Waals surface area contributed by atoms with Crippen LogP contribution < -0.4 is 16.0 Å². The van der Waals surface area contributed by atoms with Crippen LogP contribution >= 0.6 is 0 Å². The number of aryl methyl sites for hydroxylation is 1. The van der Waals surface area contributed by atoms with Crippen molar-refractivity contribution in [2.45, 2.75) is 32.7 Å². The molecule has 118 valence electrons. The topological polar surface area (TPSA) is 92.5 Å². The number of nitrogens with two attached hydrogens (primary N) is 1. The Morgan fingerprint density at radius 2 is 2.00 bits per heavy atom. The predicted molar refractivity (Wildman–Crippen MR) is 83.1 cm³/mol. The number of anilines is 1. The maximum atomic E-state index is 12.1. The van der Waals surface area contributed by atoms with Gasteiger partial charge in [0, 0.05) is 18.7 Å². The molecule has 3 amide bonds. The largest absolute Gasteiger partial charge is 0.368 e. The summed E-state index contributed by atoms with van der Waals surface area (Å²) in [4.78, 5) is 36.8. The molecule has 1 aromatic carbocycles. The highest BCUT2D eigenvalue weighted by Gasteiger charge is 2.35. The number of carbonyl (C=O) groups is 3. The fourth-order valence-corrected chi connectivity index (χ4v) is 2.45. The third kappa shape index (κ3) is 3.44. The summed E-state index contributed by atoms with van der Waals surface area (Å²) in [7, 11) is 0. The molecule has 0 bridgehead atoms. The lowest BCUT2D eigenvalue weighted by Crippen LogP contribution is -2.45. The number of nitrogens with one attached hydrogen (secondary N) is 1. The minimum Gasteiger partial charge on any atom is -0.368 e. The summed E-state index contributed by atoms with van der Waals surface area (Å²) in [6.07, 6.45) is 1.08. The molecule has 1 aliphatic rings. The summed E-state index contributed by atoms with van der Waals surface area (Å²) in [5.74, 6) is -1.45. The summed E-state index contributed by atoms with van der Waals surface area (Å²) in [5, 5.41) is 2.54. The average molecular weight is 303 g/mol. The highest BCUT2D eigenvalue weighted by atomic mass is 16.2. The predicted octanol–water partition coefficient (Wildman–Crippen LogP) is 0.592. The van der Waals surface area contributed by atoms with Crippen LogP contribution in [-0.4, -0.2) is 30.3 Å². The number of hydrogen-bond acceptors (Lipinski definition) is 3. The van der Waals surface area contributed by atoms with Crippen LogP contribution in [0.3, 0.4) is 0 Å². The first-order chi connectivity index (χ1) is 10.4. The van der Waals surface area contributed by atoms with Gasteiger partial charge in [0.05, 0.1) is 5.92 Å². The molecule has 1 aromatic rings. The minimum atomic E-state index is -0.736. The van der Waals surface area contributed by atoms with E-state index < -0.39 is 17.9 Å². The van der Waals surface area contributed by atoms with Gasteiger partial charge in [-0.3, -0.25) is 14.4 Å². The fourth-order valence-electron chi connectivity index (χ4n) is 2.45. The van der Waals surface area contributed by atoms with E-state index in [1.807, 2.05) is 24.3 Å². The number of carbonyl (C=O) groups excluding carboxylic acids is 3. The highest BCUT2D eigenvalue weighted by Crippen LogP contribution is 2.25. The molecular formula is C16H21N3O3. The average Bonchev–Trinajstić information content (AvgIpc) is 2.89. The molecular weight excluding hydrogens is 282 g/mol. The van der Waals surface area contributed by atoms with Crippen LogP contribution in [0.2, 0.25) is 0 Å². The van der Waals surface area contributed by atoms with Gasteiger partial charge in [-0.1, -0.05) is 19.1 Å². The number of rotatable bonds is 5. The molecule has 0 aromatic heterocycles. The molecule has 1 aliphatic heterocycles. The molecule has 0 aliphatic carbocycles. The van der Waals surface area contributed by atoms with E-state index in [0.717, 1.165) is 12.1 Å². The van der Waals surface area contributed by atoms with Crippen LogP contribution in [0.15, 0.2) is 24.3 Å². The fraction of sp³-hybridized carbons (Fsp3) is 0.438. The second kappa shape index (κ2) is 6.60. The molecule has 1 saturated heterocycles. The van der Waals surface area contributed by atoms with Crippen molar-refractivity contribution in [3.8, 4) is 0 Å². The first-order valence-electron chi connectivity index (χ1n) is 7.41. The van der Waals surface area contributed by atoms with Gasteiger partial charge >= 0.3 is 0 Å². The quantitative estimate of drug-likeness (QED) is 0.834. The van der Waals surface area contributed by atoms with Gasteiger partial charge in [-0.05, 0) is 31.0 Å². The SMILES string of the molecule is CCc1ccc(N2CC(C(=O)NC(C)C(N)=O)CC2=O)cc1. The molecule has 0 spiro atoms. The molecule has 1 fully saturated rings. The Labute approximate surface area is 129 Å². The standard InChI is InChI=1S/C16H21N3O3/c1-3-11-4-6-13(7-5-11)19-9-12(8-14(19)20)16(22)18-10(2)15(17)21/h4-7,10,12H,3,8-9H2,1-2H3,(H2,17,21)(H,18,22). The monoisotopic (exact) mass is 303 g/mol. The maximum absolute atomic E-state index is 12.1. The van der Waals surface area contributed by atoms with Crippen LogP contribution in [0.25, 0.3) is 0 Å². The van der Waals surface area contributed by atoms with Crippen molar-refractivity contribution in [3.05, 3.63) is 29.8 Å². The van der Waals surface area contributed by atoms with Crippen LogP contribution in [0, 0.1) is 5.92 Å². The second-order valence-electron chi connectivity index (χ2n) is 5.56. The van der Waals surface area contributed by atoms with Gasteiger partial charge in [0.25, 0.3) is 0 Å². The van der Waals surface area contributed by atoms with Gasteiger partial charge < -0.3 is 16.0 Å². The number of hydrogen-bond donors (Lipinski definition) is 2. The van der Waals surface area contributed by atoms with Crippen LogP contribution in [0.1, 0.15) is 25.8 Å². The smallest absolute Gasteiger partial charge is 0.239 e. The molecule has 2 rings (SSSR count). The highest BCUT2D eigenvalue weighted by molar-refractivity contribution is 6.00. The third-order valence-electron chi connectivity index (χ3n) is 3.94. The van der Waals surface area contributed by atoms with Crippen LogP contribution in [-0.2, 0) is 20.8 Å². The summed E-state index contributed by atoms with van der Waals surface area (Å²) < 4.78 is 0. The van der Waals surface area contributed by atoms with E-state index in [2.05, 4.69) is 12.2 Å². The number of nitrogens with zero attached hydrogens (tertiary/aromatic N) is 1. The third-order valence-corrected chi connectivity index (χ3v) is 3.94. The Bertz CT molecular complexity index is 583. The molecule has 22 heavy (non-hydrogen) atoms. The van der Waals surface area contributed by atoms with Crippen molar-refractivity contribution in [2.24, 2.45) is 11.7 Å². The zero-order valence-electron chi connectivity index (χ0n) is 12.8. The first-order valence-corrected chi connectivity index (χ1v) is 7.41. The Balaban J connectivity index is 2.03. The molecule has 2 unspecified atom stereocenters. The van der Waals surface area contributed by atoms with Crippen molar-refractivity contribution in [1.29, 1.82) is 0 Å². The zero-order valence-corrected chi connectivity index (χ0v) is 12.8. The van der Waals surface area contributed by atoms with Crippen molar-refractivity contribution in [1.82, 2.24) is 5.32 Å². The molecule has 2 atom stereocenters. The maximum Gasteiger partial charge on any atom is 0.239 e. The van der Waals surface area contributed by atoms with E-state index in [0.29, 0.717) is 6.54 Å². The van der Waals surface area contributed by atoms with Crippen molar-refractivity contribution in [2.75, 3.05) is 11.4 Å². The summed E-state index contributed by atoms with van der Waals surface area (Å²) in [5.41, 5.74) is 7.11. The Hall–Kier alpha value is -2.37. The first kappa shape index (κ1) is 16.0. The number of primary amides is 1. The van der Waals surface area contributed by atoms with Crippen molar-refractivity contribution < 1.29 is 14.4 Å². The van der Waals surface area contributed by atoms with E-state index >= 15 is 0 Å². The van der Waals surface area contributed by atoms with Gasteiger partial charge in [-0.25, -0.2) is 0 Å². The Morgan fingerprint density at radius 1 is 1.36 bits per heavy atom. The molecule has 6 heteroatoms. The number of benzene rings is 1. The molecule has 0 saturated carbocycles. The lowest BCUT2D eigenvalue weighted by molar-refractivity contribution is -0.129. The summed E-state index contributed by atoms with van der Waals surface area (Å²) in [6, 6.07) is 7.00. The molecule has 6 nitrogen and oxygen atoms in total. The van der Waals surface area contributed by atoms with E-state index in [1.54, 1.807) is 4.90 Å². The van der Waals surface area contributed by atoms with Gasteiger partial charge in [0.15, 0.2) is 0 Å². The number of amides is 3. The lowest BCUT2D eigenvalue weighted by atomic mass is 10.1. The van der Waals surface area contributed by atoms with E-state index in [9.17, 15) is 14.4 Å². The van der Waals surface area contributed by atoms with Gasteiger partial charge in [0.1, 0.15) is 6.04 Å². The Morgan fingerprint density at radius 3 is 2.55 bits per heavy atom. The van der Waals surface area contributed by atoms with Crippen LogP contribution in [0.4, 0.5) is 5.69 Å². The second-order valence-corrected chi connectivity index (χ2v) is 5.56. The van der Waals surface area contributed by atoms with E-state index in [4.69, 9.17) is 5.73 Å². The van der Waals surface area contributed by atoms with E-state index in [1.165, 1.54) is 12.5 Å². The van der Waals surface area contributed by atoms with E-state index in [-0.39, 0.29) is 18.2 Å². The zero-order chi connectivity index (χ0) is 16.3. The molecule has 3 N–H and O–H groups in total.